The summed E-state index contributed by atoms with van der Waals surface area (Å²) in [6.45, 7) is 0. The predicted molar refractivity (Wildman–Crippen MR) is 20.9 cm³/mol. The number of hydrogen-bond donors (Lipinski definition) is 0. The highest BCUT2D eigenvalue weighted by Gasteiger charge is 1.73. The van der Waals surface area contributed by atoms with Crippen LogP contribution >= 0.6 is 23.2 Å². The quantitative estimate of drug-likeness (QED) is 0.454. The summed E-state index contributed by atoms with van der Waals surface area (Å²) >= 11 is 9.19. The van der Waals surface area contributed by atoms with Crippen molar-refractivity contribution in [2.45, 2.75) is 0 Å². The molecule has 0 aromatic carbocycles. The van der Waals surface area contributed by atoms with Crippen molar-refractivity contribution in [3.8, 4) is 0 Å². The minimum atomic E-state index is -0.883. The van der Waals surface area contributed by atoms with Crippen LogP contribution in [0.3, 0.4) is 0 Å². The predicted octanol–water partition coefficient (Wildman–Crippen LogP) is 2.23. The van der Waals surface area contributed by atoms with Gasteiger partial charge in [0.1, 0.15) is 0 Å². The Morgan fingerprint density at radius 2 is 2.00 bits per heavy atom. The third-order valence-electron chi connectivity index (χ3n) is 0.0825. The van der Waals surface area contributed by atoms with Crippen LogP contribution in [-0.4, -0.2) is 0 Å². The zero-order valence-corrected chi connectivity index (χ0v) is 3.72. The van der Waals surface area contributed by atoms with E-state index in [0.29, 0.717) is 5.54 Å². The minimum Gasteiger partial charge on any atom is -0.193 e. The van der Waals surface area contributed by atoms with Crippen LogP contribution in [0.2, 0.25) is 0 Å². The smallest absolute Gasteiger partial charge is 0.193 e. The Bertz CT molecular complexity index is 45.6. The summed E-state index contributed by atoms with van der Waals surface area (Å²) in [4.78, 5) is 0. The third kappa shape index (κ3) is 4.25. The van der Waals surface area contributed by atoms with E-state index in [9.17, 15) is 4.39 Å². The standard InChI is InChI=1S/C2HCl2F/c3-1-2(4)5/h1H/b2-1+. The second kappa shape index (κ2) is 2.49. The molecule has 0 heterocycles. The Balaban J connectivity index is 3.14. The molecular formula is C2HCl2F. The zero-order chi connectivity index (χ0) is 4.28. The molecule has 0 aromatic rings. The first-order valence-corrected chi connectivity index (χ1v) is 1.70. The second-order valence-corrected chi connectivity index (χ2v) is 0.978. The van der Waals surface area contributed by atoms with E-state index in [1.807, 2.05) is 0 Å². The van der Waals surface area contributed by atoms with E-state index in [1.165, 1.54) is 0 Å². The van der Waals surface area contributed by atoms with Gasteiger partial charge in [0.05, 0.1) is 5.54 Å². The van der Waals surface area contributed by atoms with Gasteiger partial charge in [-0.1, -0.05) is 23.2 Å². The second-order valence-electron chi connectivity index (χ2n) is 0.399. The first-order valence-electron chi connectivity index (χ1n) is 0.885. The van der Waals surface area contributed by atoms with Gasteiger partial charge in [-0.05, 0) is 0 Å². The molecule has 30 valence electrons. The monoisotopic (exact) mass is 114 g/mol. The average molecular weight is 115 g/mol. The molecule has 0 amide bonds. The van der Waals surface area contributed by atoms with Crippen molar-refractivity contribution in [1.29, 1.82) is 0 Å². The normalized spacial score (nSPS) is 12.2. The molecular weight excluding hydrogens is 114 g/mol. The lowest BCUT2D eigenvalue weighted by molar-refractivity contribution is 0.697. The van der Waals surface area contributed by atoms with E-state index in [1.54, 1.807) is 0 Å². The Morgan fingerprint density at radius 1 is 1.80 bits per heavy atom. The number of hydrogen-bond acceptors (Lipinski definition) is 0. The van der Waals surface area contributed by atoms with Crippen molar-refractivity contribution in [1.82, 2.24) is 0 Å². The SMILES string of the molecule is F/C(Cl)=C/Cl. The van der Waals surface area contributed by atoms with Crippen LogP contribution in [0.5, 0.6) is 0 Å². The summed E-state index contributed by atoms with van der Waals surface area (Å²) in [7, 11) is 0. The van der Waals surface area contributed by atoms with Gasteiger partial charge in [0.2, 0.25) is 0 Å². The molecule has 3 heteroatoms. The molecule has 0 aliphatic heterocycles. The van der Waals surface area contributed by atoms with E-state index in [2.05, 4.69) is 23.2 Å². The van der Waals surface area contributed by atoms with Gasteiger partial charge >= 0.3 is 0 Å². The van der Waals surface area contributed by atoms with Crippen molar-refractivity contribution >= 4 is 23.2 Å². The Kier molecular flexibility index (Phi) is 2.61. The number of halogens is 3. The summed E-state index contributed by atoms with van der Waals surface area (Å²) < 4.78 is 10.9. The fourth-order valence-corrected chi connectivity index (χ4v) is 0. The van der Waals surface area contributed by atoms with Gasteiger partial charge < -0.3 is 0 Å². The molecule has 0 atom stereocenters. The van der Waals surface area contributed by atoms with E-state index in [0.717, 1.165) is 0 Å². The molecule has 0 spiro atoms. The molecule has 0 unspecified atom stereocenters. The van der Waals surface area contributed by atoms with Crippen LogP contribution < -0.4 is 0 Å². The summed E-state index contributed by atoms with van der Waals surface area (Å²) in [5.74, 6) is 0. The largest absolute Gasteiger partial charge is 0.200 e. The van der Waals surface area contributed by atoms with Crippen LogP contribution in [-0.2, 0) is 0 Å². The number of rotatable bonds is 0. The van der Waals surface area contributed by atoms with Crippen LogP contribution in [0.25, 0.3) is 0 Å². The van der Waals surface area contributed by atoms with Gasteiger partial charge in [0.25, 0.3) is 0 Å². The third-order valence-corrected chi connectivity index (χ3v) is 0.495. The van der Waals surface area contributed by atoms with Gasteiger partial charge in [-0.2, -0.15) is 4.39 Å². The molecule has 0 fully saturated rings. The Labute approximate surface area is 39.2 Å². The van der Waals surface area contributed by atoms with Gasteiger partial charge in [0, 0.05) is 0 Å². The van der Waals surface area contributed by atoms with Gasteiger partial charge in [0.15, 0.2) is 5.29 Å². The Morgan fingerprint density at radius 3 is 2.00 bits per heavy atom. The fourth-order valence-electron chi connectivity index (χ4n) is 0. The van der Waals surface area contributed by atoms with E-state index < -0.39 is 5.29 Å². The summed E-state index contributed by atoms with van der Waals surface area (Å²) in [6, 6.07) is 0. The van der Waals surface area contributed by atoms with Crippen LogP contribution in [0.15, 0.2) is 10.8 Å². The van der Waals surface area contributed by atoms with Gasteiger partial charge in [-0.25, -0.2) is 0 Å². The lowest BCUT2D eigenvalue weighted by atomic mass is 11.2. The maximum absolute atomic E-state index is 10.9. The van der Waals surface area contributed by atoms with Crippen molar-refractivity contribution in [2.75, 3.05) is 0 Å². The maximum Gasteiger partial charge on any atom is 0.200 e. The molecule has 0 radical (unpaired) electrons. The van der Waals surface area contributed by atoms with E-state index in [-0.39, 0.29) is 0 Å². The molecule has 0 aliphatic carbocycles. The minimum absolute atomic E-state index is 0.654. The maximum atomic E-state index is 10.9. The highest BCUT2D eigenvalue weighted by Crippen LogP contribution is 2.01. The zero-order valence-electron chi connectivity index (χ0n) is 2.21. The van der Waals surface area contributed by atoms with Crippen molar-refractivity contribution < 1.29 is 4.39 Å². The molecule has 0 rings (SSSR count). The van der Waals surface area contributed by atoms with Crippen LogP contribution in [0, 0.1) is 0 Å². The Hall–Kier alpha value is 0.250. The highest BCUT2D eigenvalue weighted by molar-refractivity contribution is 6.35. The first-order chi connectivity index (χ1) is 2.27. The molecule has 0 aliphatic rings. The summed E-state index contributed by atoms with van der Waals surface area (Å²) in [5, 5.41) is -0.883. The summed E-state index contributed by atoms with van der Waals surface area (Å²) in [5.41, 5.74) is 0.654. The van der Waals surface area contributed by atoms with Crippen molar-refractivity contribution in [3.63, 3.8) is 0 Å². The molecule has 0 saturated heterocycles. The lowest BCUT2D eigenvalue weighted by Crippen LogP contribution is -1.37. The molecule has 0 bridgehead atoms. The highest BCUT2D eigenvalue weighted by atomic mass is 35.5. The fraction of sp³-hybridized carbons (Fsp3) is 0. The molecule has 0 nitrogen and oxygen atoms in total. The van der Waals surface area contributed by atoms with Crippen molar-refractivity contribution in [2.24, 2.45) is 0 Å². The average Bonchev–Trinajstić information content (AvgIpc) is 1.38. The molecule has 0 N–H and O–H groups in total. The van der Waals surface area contributed by atoms with E-state index >= 15 is 0 Å². The molecule has 0 saturated carbocycles. The molecule has 5 heavy (non-hydrogen) atoms. The topological polar surface area (TPSA) is 0 Å². The van der Waals surface area contributed by atoms with E-state index in [4.69, 9.17) is 0 Å². The first kappa shape index (κ1) is 5.25. The van der Waals surface area contributed by atoms with Crippen LogP contribution in [0.4, 0.5) is 4.39 Å². The van der Waals surface area contributed by atoms with Gasteiger partial charge in [-0.15, -0.1) is 0 Å². The molecule has 0 aromatic heterocycles. The summed E-state index contributed by atoms with van der Waals surface area (Å²) in [6.07, 6.45) is 0. The lowest BCUT2D eigenvalue weighted by Gasteiger charge is -1.62. The van der Waals surface area contributed by atoms with Crippen LogP contribution in [0.1, 0.15) is 0 Å². The van der Waals surface area contributed by atoms with Crippen molar-refractivity contribution in [3.05, 3.63) is 10.8 Å². The van der Waals surface area contributed by atoms with Gasteiger partial charge in [-0.3, -0.25) is 0 Å².